The molecule has 0 radical (unpaired) electrons. The number of hydrogen-bond acceptors (Lipinski definition) is 10. The van der Waals surface area contributed by atoms with E-state index in [0.29, 0.717) is 115 Å². The second-order valence-corrected chi connectivity index (χ2v) is 16.1. The molecule has 0 bridgehead atoms. The number of ether oxygens (including phenoxy) is 6. The second kappa shape index (κ2) is 24.8. The zero-order valence-electron chi connectivity index (χ0n) is 35.6. The van der Waals surface area contributed by atoms with Gasteiger partial charge in [0.25, 0.3) is 0 Å². The van der Waals surface area contributed by atoms with Crippen LogP contribution in [0.2, 0.25) is 0 Å². The summed E-state index contributed by atoms with van der Waals surface area (Å²) >= 11 is 0. The molecule has 2 aromatic carbocycles. The van der Waals surface area contributed by atoms with Gasteiger partial charge < -0.3 is 28.4 Å². The molecule has 2 aliphatic rings. The van der Waals surface area contributed by atoms with Crippen LogP contribution in [0.1, 0.15) is 61.5 Å². The maximum absolute atomic E-state index is 6.02. The van der Waals surface area contributed by atoms with E-state index in [4.69, 9.17) is 28.4 Å². The van der Waals surface area contributed by atoms with Crippen LogP contribution in [0.3, 0.4) is 0 Å². The molecular weight excluding hydrogens is 757 g/mol. The summed E-state index contributed by atoms with van der Waals surface area (Å²) in [4.78, 5) is 0. The predicted molar refractivity (Wildman–Crippen MR) is 232 cm³/mol. The van der Waals surface area contributed by atoms with Crippen molar-refractivity contribution in [1.82, 2.24) is 30.0 Å². The topological polar surface area (TPSA) is 117 Å². The smallest absolute Gasteiger partial charge is 0.108 e. The fraction of sp³-hybridized carbons (Fsp3) is 0.542. The largest absolute Gasteiger partial charge is 0.379 e. The number of allylic oxidation sites excluding steroid dienone is 4. The average molecular weight is 823 g/mol. The molecule has 0 amide bonds. The lowest BCUT2D eigenvalue weighted by atomic mass is 9.74. The Morgan fingerprint density at radius 2 is 1.15 bits per heavy atom. The molecule has 6 rings (SSSR count). The molecule has 2 fully saturated rings. The molecule has 0 saturated heterocycles. The molecule has 2 aromatic heterocycles. The summed E-state index contributed by atoms with van der Waals surface area (Å²) in [5, 5.41) is 17.4. The van der Waals surface area contributed by atoms with E-state index in [-0.39, 0.29) is 0 Å². The van der Waals surface area contributed by atoms with Crippen LogP contribution in [-0.2, 0) is 53.5 Å². The van der Waals surface area contributed by atoms with Crippen LogP contribution < -0.4 is 0 Å². The van der Waals surface area contributed by atoms with E-state index < -0.39 is 5.41 Å². The first-order valence-corrected chi connectivity index (χ1v) is 21.9. The van der Waals surface area contributed by atoms with E-state index in [1.54, 1.807) is 4.68 Å². The number of rotatable bonds is 29. The summed E-state index contributed by atoms with van der Waals surface area (Å²) < 4.78 is 38.2. The summed E-state index contributed by atoms with van der Waals surface area (Å²) in [5.41, 5.74) is 3.58. The first-order valence-electron chi connectivity index (χ1n) is 21.9. The maximum Gasteiger partial charge on any atom is 0.108 e. The fourth-order valence-electron chi connectivity index (χ4n) is 8.36. The van der Waals surface area contributed by atoms with Crippen LogP contribution in [-0.4, -0.2) is 103 Å². The minimum atomic E-state index is -0.418. The molecular formula is C48H66N6O6. The van der Waals surface area contributed by atoms with Crippen molar-refractivity contribution in [3.05, 3.63) is 133 Å². The van der Waals surface area contributed by atoms with E-state index in [2.05, 4.69) is 114 Å². The molecule has 5 unspecified atom stereocenters. The zero-order valence-corrected chi connectivity index (χ0v) is 35.6. The molecule has 0 N–H and O–H groups in total. The van der Waals surface area contributed by atoms with E-state index in [0.717, 1.165) is 18.0 Å². The molecule has 2 saturated carbocycles. The molecule has 60 heavy (non-hydrogen) atoms. The minimum Gasteiger partial charge on any atom is -0.379 e. The zero-order chi connectivity index (χ0) is 41.7. The van der Waals surface area contributed by atoms with Crippen molar-refractivity contribution in [1.29, 1.82) is 0 Å². The van der Waals surface area contributed by atoms with Crippen LogP contribution in [0.5, 0.6) is 0 Å². The van der Waals surface area contributed by atoms with Crippen LogP contribution in [0.4, 0.5) is 0 Å². The standard InChI is InChI=1S/C48H66N6O6/c1-4-39-16-17-40(32-39)18-19-41-33-42(5-2)43(34-41)37-59-30-28-56-22-20-53-35-46(49-51-53)38-60-31-29-58-27-26-57-25-24-55-23-21-54-36-47(50-52-54)48(3,44-12-8-6-9-13-44)45-14-10-7-11-15-45/h4-15,18-19,35-36,39-43H,1-2,16-17,20-34,37-38H2,3H3/b19-18-. The van der Waals surface area contributed by atoms with Gasteiger partial charge in [-0.25, -0.2) is 9.36 Å². The van der Waals surface area contributed by atoms with Gasteiger partial charge in [0.15, 0.2) is 0 Å². The number of nitrogens with zero attached hydrogens (tertiary/aromatic N) is 6. The Morgan fingerprint density at radius 1 is 0.600 bits per heavy atom. The summed E-state index contributed by atoms with van der Waals surface area (Å²) in [5.74, 6) is 3.08. The highest BCUT2D eigenvalue weighted by molar-refractivity contribution is 5.46. The van der Waals surface area contributed by atoms with E-state index in [1.165, 1.54) is 43.2 Å². The van der Waals surface area contributed by atoms with E-state index in [1.807, 2.05) is 29.2 Å². The fourth-order valence-corrected chi connectivity index (χ4v) is 8.36. The molecule has 12 heteroatoms. The van der Waals surface area contributed by atoms with Crippen LogP contribution in [0, 0.1) is 29.6 Å². The summed E-state index contributed by atoms with van der Waals surface area (Å²) in [6.07, 6.45) is 19.3. The Kier molecular flexibility index (Phi) is 18.7. The maximum atomic E-state index is 6.02. The quantitative estimate of drug-likeness (QED) is 0.0403. The highest BCUT2D eigenvalue weighted by Crippen LogP contribution is 2.40. The summed E-state index contributed by atoms with van der Waals surface area (Å²) in [6.45, 7) is 17.7. The first kappa shape index (κ1) is 45.2. The lowest BCUT2D eigenvalue weighted by Gasteiger charge is -2.28. The van der Waals surface area contributed by atoms with E-state index in [9.17, 15) is 0 Å². The number of benzene rings is 2. The van der Waals surface area contributed by atoms with Crippen molar-refractivity contribution in [3.63, 3.8) is 0 Å². The second-order valence-electron chi connectivity index (χ2n) is 16.1. The molecule has 2 aliphatic carbocycles. The lowest BCUT2D eigenvalue weighted by Crippen LogP contribution is -2.25. The van der Waals surface area contributed by atoms with Gasteiger partial charge in [-0.15, -0.1) is 23.4 Å². The minimum absolute atomic E-state index is 0.376. The number of hydrogen-bond donors (Lipinski definition) is 0. The SMILES string of the molecule is C=CC1CCC(/C=C\C2CC(C=C)C(COCCOCCn3cc(COCCOCCOCCOCCn4cc(C(C)(c5ccccc5)c5ccccc5)nn4)nn3)C2)C1. The Morgan fingerprint density at radius 3 is 1.77 bits per heavy atom. The van der Waals surface area contributed by atoms with E-state index >= 15 is 0 Å². The molecule has 2 heterocycles. The van der Waals surface area contributed by atoms with Crippen molar-refractivity contribution in [3.8, 4) is 0 Å². The summed E-state index contributed by atoms with van der Waals surface area (Å²) in [6, 6.07) is 20.8. The van der Waals surface area contributed by atoms with Gasteiger partial charge in [0.1, 0.15) is 5.69 Å². The Labute approximate surface area is 356 Å². The van der Waals surface area contributed by atoms with Crippen molar-refractivity contribution in [2.75, 3.05) is 72.7 Å². The molecule has 12 nitrogen and oxygen atoms in total. The van der Waals surface area contributed by atoms with Gasteiger partial charge in [0.05, 0.1) is 110 Å². The lowest BCUT2D eigenvalue weighted by molar-refractivity contribution is -0.00529. The van der Waals surface area contributed by atoms with Gasteiger partial charge >= 0.3 is 0 Å². The van der Waals surface area contributed by atoms with Crippen LogP contribution in [0.15, 0.2) is 111 Å². The van der Waals surface area contributed by atoms with Crippen molar-refractivity contribution in [2.24, 2.45) is 29.6 Å². The van der Waals surface area contributed by atoms with Gasteiger partial charge in [-0.05, 0) is 79.7 Å². The Hall–Kier alpha value is -4.30. The monoisotopic (exact) mass is 823 g/mol. The van der Waals surface area contributed by atoms with Gasteiger partial charge in [-0.3, -0.25) is 0 Å². The van der Waals surface area contributed by atoms with Crippen LogP contribution >= 0.6 is 0 Å². The summed E-state index contributed by atoms with van der Waals surface area (Å²) in [7, 11) is 0. The predicted octanol–water partition coefficient (Wildman–Crippen LogP) is 7.51. The highest BCUT2D eigenvalue weighted by atomic mass is 16.6. The third-order valence-electron chi connectivity index (χ3n) is 11.9. The Balaban J connectivity index is 0.725. The normalized spacial score (nSPS) is 20.6. The van der Waals surface area contributed by atoms with Gasteiger partial charge in [0, 0.05) is 6.20 Å². The average Bonchev–Trinajstić information content (AvgIpc) is 4.13. The molecule has 5 atom stereocenters. The highest BCUT2D eigenvalue weighted by Gasteiger charge is 2.34. The third-order valence-corrected chi connectivity index (χ3v) is 11.9. The van der Waals surface area contributed by atoms with Gasteiger partial charge in [-0.2, -0.15) is 0 Å². The number of aromatic nitrogens is 6. The van der Waals surface area contributed by atoms with Crippen molar-refractivity contribution in [2.45, 2.75) is 64.1 Å². The first-order chi connectivity index (χ1) is 29.5. The van der Waals surface area contributed by atoms with Gasteiger partial charge in [0.2, 0.25) is 0 Å². The molecule has 0 spiro atoms. The third kappa shape index (κ3) is 13.9. The van der Waals surface area contributed by atoms with Gasteiger partial charge in [-0.1, -0.05) is 95.4 Å². The Bertz CT molecular complexity index is 1790. The van der Waals surface area contributed by atoms with Crippen molar-refractivity contribution >= 4 is 0 Å². The van der Waals surface area contributed by atoms with Crippen LogP contribution in [0.25, 0.3) is 0 Å². The molecule has 324 valence electrons. The molecule has 4 aromatic rings. The molecule has 0 aliphatic heterocycles. The van der Waals surface area contributed by atoms with Crippen molar-refractivity contribution < 1.29 is 28.4 Å².